The Balaban J connectivity index is 0.00000900. The SMILES string of the molecule is CCCCC(CNC(=O)OC(C)(C)C)NC(=NC)NCc1cccc(S(N)(=O)=O)c1.I. The van der Waals surface area contributed by atoms with Gasteiger partial charge in [0.05, 0.1) is 4.90 Å². The third kappa shape index (κ3) is 12.8. The topological polar surface area (TPSA) is 135 Å². The molecule has 0 radical (unpaired) electrons. The Bertz CT molecular complexity index is 825. The first-order chi connectivity index (χ1) is 13.9. The molecule has 1 amide bonds. The molecule has 11 heteroatoms. The van der Waals surface area contributed by atoms with Gasteiger partial charge in [0.2, 0.25) is 10.0 Å². The highest BCUT2D eigenvalue weighted by Gasteiger charge is 2.18. The molecule has 1 unspecified atom stereocenters. The Morgan fingerprint density at radius 2 is 1.94 bits per heavy atom. The van der Waals surface area contributed by atoms with Crippen molar-refractivity contribution in [2.24, 2.45) is 10.1 Å². The lowest BCUT2D eigenvalue weighted by atomic mass is 10.1. The Hall–Kier alpha value is -1.60. The van der Waals surface area contributed by atoms with E-state index in [1.54, 1.807) is 19.2 Å². The monoisotopic (exact) mass is 569 g/mol. The second-order valence-electron chi connectivity index (χ2n) is 7.98. The summed E-state index contributed by atoms with van der Waals surface area (Å²) in [5.74, 6) is 0.545. The zero-order valence-corrected chi connectivity index (χ0v) is 22.0. The number of ether oxygens (including phenoxy) is 1. The van der Waals surface area contributed by atoms with Crippen molar-refractivity contribution in [3.05, 3.63) is 29.8 Å². The fourth-order valence-corrected chi connectivity index (χ4v) is 3.19. The lowest BCUT2D eigenvalue weighted by molar-refractivity contribution is 0.0522. The predicted molar refractivity (Wildman–Crippen MR) is 134 cm³/mol. The van der Waals surface area contributed by atoms with Gasteiger partial charge in [-0.15, -0.1) is 24.0 Å². The van der Waals surface area contributed by atoms with E-state index in [1.165, 1.54) is 12.1 Å². The maximum absolute atomic E-state index is 11.9. The van der Waals surface area contributed by atoms with Crippen molar-refractivity contribution in [1.82, 2.24) is 16.0 Å². The van der Waals surface area contributed by atoms with Crippen molar-refractivity contribution in [2.75, 3.05) is 13.6 Å². The number of nitrogens with one attached hydrogen (secondary N) is 3. The van der Waals surface area contributed by atoms with Crippen LogP contribution in [-0.2, 0) is 21.3 Å². The predicted octanol–water partition coefficient (Wildman–Crippen LogP) is 2.70. The number of sulfonamides is 1. The first kappa shape index (κ1) is 29.4. The van der Waals surface area contributed by atoms with E-state index in [0.717, 1.165) is 24.8 Å². The number of carbonyl (C=O) groups is 1. The molecule has 178 valence electrons. The summed E-state index contributed by atoms with van der Waals surface area (Å²) in [5.41, 5.74) is 0.195. The van der Waals surface area contributed by atoms with E-state index in [1.807, 2.05) is 20.8 Å². The van der Waals surface area contributed by atoms with E-state index in [2.05, 4.69) is 27.9 Å². The van der Waals surface area contributed by atoms with Crippen LogP contribution in [0.5, 0.6) is 0 Å². The normalized spacial score (nSPS) is 13.0. The first-order valence-corrected chi connectivity index (χ1v) is 11.5. The second kappa shape index (κ2) is 13.7. The van der Waals surface area contributed by atoms with Gasteiger partial charge in [0, 0.05) is 26.2 Å². The van der Waals surface area contributed by atoms with Gasteiger partial charge in [-0.1, -0.05) is 31.9 Å². The number of halogens is 1. The minimum absolute atomic E-state index is 0. The molecule has 0 fully saturated rings. The smallest absolute Gasteiger partial charge is 0.407 e. The molecule has 0 heterocycles. The highest BCUT2D eigenvalue weighted by Crippen LogP contribution is 2.10. The number of nitrogens with zero attached hydrogens (tertiary/aromatic N) is 1. The molecule has 1 aromatic rings. The molecule has 9 nitrogen and oxygen atoms in total. The molecule has 31 heavy (non-hydrogen) atoms. The molecule has 0 aliphatic heterocycles. The minimum atomic E-state index is -3.75. The summed E-state index contributed by atoms with van der Waals surface area (Å²) in [6, 6.07) is 6.37. The largest absolute Gasteiger partial charge is 0.444 e. The fourth-order valence-electron chi connectivity index (χ4n) is 2.60. The highest BCUT2D eigenvalue weighted by atomic mass is 127. The van der Waals surface area contributed by atoms with E-state index >= 15 is 0 Å². The third-order valence-electron chi connectivity index (χ3n) is 4.05. The number of hydrogen-bond donors (Lipinski definition) is 4. The molecule has 0 aliphatic rings. The van der Waals surface area contributed by atoms with Gasteiger partial charge in [-0.25, -0.2) is 18.4 Å². The van der Waals surface area contributed by atoms with Gasteiger partial charge in [-0.3, -0.25) is 4.99 Å². The van der Waals surface area contributed by atoms with E-state index in [-0.39, 0.29) is 34.9 Å². The van der Waals surface area contributed by atoms with Crippen LogP contribution in [0.15, 0.2) is 34.2 Å². The highest BCUT2D eigenvalue weighted by molar-refractivity contribution is 14.0. The van der Waals surface area contributed by atoms with Gasteiger partial charge in [-0.05, 0) is 44.9 Å². The molecule has 0 spiro atoms. The van der Waals surface area contributed by atoms with Crippen LogP contribution in [0.4, 0.5) is 4.79 Å². The lowest BCUT2D eigenvalue weighted by Gasteiger charge is -2.24. The van der Waals surface area contributed by atoms with Crippen molar-refractivity contribution in [3.63, 3.8) is 0 Å². The van der Waals surface area contributed by atoms with Crippen LogP contribution in [0.2, 0.25) is 0 Å². The van der Waals surface area contributed by atoms with Crippen molar-refractivity contribution >= 4 is 46.1 Å². The number of hydrogen-bond acceptors (Lipinski definition) is 5. The van der Waals surface area contributed by atoms with Crippen molar-refractivity contribution in [2.45, 2.75) is 70.0 Å². The van der Waals surface area contributed by atoms with Crippen LogP contribution in [0, 0.1) is 0 Å². The Kier molecular flexibility index (Phi) is 13.0. The number of carbonyl (C=O) groups excluding carboxylic acids is 1. The molecule has 5 N–H and O–H groups in total. The maximum atomic E-state index is 11.9. The van der Waals surface area contributed by atoms with Crippen LogP contribution < -0.4 is 21.1 Å². The van der Waals surface area contributed by atoms with Gasteiger partial charge in [0.15, 0.2) is 5.96 Å². The minimum Gasteiger partial charge on any atom is -0.444 e. The quantitative estimate of drug-likeness (QED) is 0.205. The number of guanidine groups is 1. The number of aliphatic imine (C=N–C) groups is 1. The molecule has 0 aromatic heterocycles. The van der Waals surface area contributed by atoms with Gasteiger partial charge in [-0.2, -0.15) is 0 Å². The van der Waals surface area contributed by atoms with Crippen LogP contribution in [0.1, 0.15) is 52.5 Å². The zero-order chi connectivity index (χ0) is 22.8. The number of amides is 1. The van der Waals surface area contributed by atoms with Gasteiger partial charge >= 0.3 is 6.09 Å². The second-order valence-corrected chi connectivity index (χ2v) is 9.55. The Morgan fingerprint density at radius 1 is 1.26 bits per heavy atom. The molecule has 0 saturated heterocycles. The van der Waals surface area contributed by atoms with E-state index in [0.29, 0.717) is 19.0 Å². The summed E-state index contributed by atoms with van der Waals surface area (Å²) in [5, 5.41) is 14.4. The summed E-state index contributed by atoms with van der Waals surface area (Å²) in [6.45, 7) is 8.30. The summed E-state index contributed by atoms with van der Waals surface area (Å²) >= 11 is 0. The summed E-state index contributed by atoms with van der Waals surface area (Å²) < 4.78 is 28.3. The molecule has 0 bridgehead atoms. The molecular weight excluding hydrogens is 533 g/mol. The average molecular weight is 570 g/mol. The average Bonchev–Trinajstić information content (AvgIpc) is 2.64. The fraction of sp³-hybridized carbons (Fsp3) is 0.600. The van der Waals surface area contributed by atoms with Crippen LogP contribution in [0.3, 0.4) is 0 Å². The number of benzene rings is 1. The van der Waals surface area contributed by atoms with Crippen molar-refractivity contribution in [1.29, 1.82) is 0 Å². The first-order valence-electron chi connectivity index (χ1n) is 10.0. The number of unbranched alkanes of at least 4 members (excludes halogenated alkanes) is 1. The Morgan fingerprint density at radius 3 is 2.48 bits per heavy atom. The van der Waals surface area contributed by atoms with Crippen LogP contribution in [-0.4, -0.2) is 45.7 Å². The van der Waals surface area contributed by atoms with Crippen LogP contribution >= 0.6 is 24.0 Å². The van der Waals surface area contributed by atoms with E-state index < -0.39 is 21.7 Å². The van der Waals surface area contributed by atoms with E-state index in [9.17, 15) is 13.2 Å². The molecule has 0 saturated carbocycles. The van der Waals surface area contributed by atoms with Gasteiger partial charge in [0.25, 0.3) is 0 Å². The van der Waals surface area contributed by atoms with Crippen LogP contribution in [0.25, 0.3) is 0 Å². The molecular formula is C20H36IN5O4S. The van der Waals surface area contributed by atoms with Gasteiger partial charge < -0.3 is 20.7 Å². The number of alkyl carbamates (subject to hydrolysis) is 1. The lowest BCUT2D eigenvalue weighted by Crippen LogP contribution is -2.48. The number of nitrogens with two attached hydrogens (primary N) is 1. The third-order valence-corrected chi connectivity index (χ3v) is 4.96. The number of primary sulfonamides is 1. The molecule has 1 atom stereocenters. The standard InChI is InChI=1S/C20H35N5O4S.HI/c1-6-7-10-16(14-24-19(26)29-20(2,3)4)25-18(22-5)23-13-15-9-8-11-17(12-15)30(21,27)28;/h8-9,11-12,16H,6-7,10,13-14H2,1-5H3,(H,24,26)(H2,21,27,28)(H2,22,23,25);1H. The van der Waals surface area contributed by atoms with Crippen molar-refractivity contribution < 1.29 is 17.9 Å². The zero-order valence-electron chi connectivity index (χ0n) is 18.9. The summed E-state index contributed by atoms with van der Waals surface area (Å²) in [6.07, 6.45) is 2.39. The van der Waals surface area contributed by atoms with Crippen molar-refractivity contribution in [3.8, 4) is 0 Å². The maximum Gasteiger partial charge on any atom is 0.407 e. The number of rotatable bonds is 9. The van der Waals surface area contributed by atoms with E-state index in [4.69, 9.17) is 9.88 Å². The Labute approximate surface area is 203 Å². The molecule has 1 rings (SSSR count). The summed E-state index contributed by atoms with van der Waals surface area (Å²) in [4.78, 5) is 16.2. The van der Waals surface area contributed by atoms with Gasteiger partial charge in [0.1, 0.15) is 5.60 Å². The molecule has 0 aliphatic carbocycles. The molecule has 1 aromatic carbocycles. The summed E-state index contributed by atoms with van der Waals surface area (Å²) in [7, 11) is -2.11.